The van der Waals surface area contributed by atoms with Crippen molar-refractivity contribution in [1.82, 2.24) is 5.32 Å². The maximum Gasteiger partial charge on any atom is 0.141 e. The summed E-state index contributed by atoms with van der Waals surface area (Å²) in [6.07, 6.45) is 1.77. The Bertz CT molecular complexity index is 583. The summed E-state index contributed by atoms with van der Waals surface area (Å²) in [6.45, 7) is 2.12. The van der Waals surface area contributed by atoms with Gasteiger partial charge in [-0.05, 0) is 55.6 Å². The van der Waals surface area contributed by atoms with Crippen LogP contribution in [0.25, 0.3) is 0 Å². The molecule has 2 aromatic rings. The van der Waals surface area contributed by atoms with Gasteiger partial charge in [0.05, 0.1) is 5.02 Å². The minimum absolute atomic E-state index is 0.188. The Morgan fingerprint density at radius 3 is 2.55 bits per heavy atom. The monoisotopic (exact) mass is 291 g/mol. The lowest BCUT2D eigenvalue weighted by Gasteiger charge is -2.18. The molecule has 1 unspecified atom stereocenters. The fraction of sp³-hybridized carbons (Fsp3) is 0.294. The maximum absolute atomic E-state index is 13.2. The quantitative estimate of drug-likeness (QED) is 0.872. The highest BCUT2D eigenvalue weighted by atomic mass is 35.5. The second kappa shape index (κ2) is 6.87. The normalized spacial score (nSPS) is 12.4. The Labute approximate surface area is 124 Å². The first-order valence-corrected chi connectivity index (χ1v) is 7.13. The van der Waals surface area contributed by atoms with Gasteiger partial charge in [-0.2, -0.15) is 0 Å². The number of rotatable bonds is 5. The van der Waals surface area contributed by atoms with Crippen LogP contribution in [-0.4, -0.2) is 13.1 Å². The van der Waals surface area contributed by atoms with Crippen molar-refractivity contribution in [2.75, 3.05) is 7.05 Å². The third-order valence-corrected chi connectivity index (χ3v) is 3.89. The van der Waals surface area contributed by atoms with Crippen LogP contribution in [0.3, 0.4) is 0 Å². The first-order valence-electron chi connectivity index (χ1n) is 6.76. The van der Waals surface area contributed by atoms with E-state index in [-0.39, 0.29) is 10.8 Å². The lowest BCUT2D eigenvalue weighted by atomic mass is 9.96. The van der Waals surface area contributed by atoms with Crippen LogP contribution in [0.15, 0.2) is 42.5 Å². The van der Waals surface area contributed by atoms with Crippen LogP contribution < -0.4 is 5.32 Å². The molecule has 2 rings (SSSR count). The number of nitrogens with one attached hydrogen (secondary N) is 1. The van der Waals surface area contributed by atoms with Crippen molar-refractivity contribution in [1.29, 1.82) is 0 Å². The maximum atomic E-state index is 13.2. The molecule has 0 aliphatic rings. The summed E-state index contributed by atoms with van der Waals surface area (Å²) in [7, 11) is 1.95. The second-order valence-corrected chi connectivity index (χ2v) is 5.48. The van der Waals surface area contributed by atoms with Crippen molar-refractivity contribution >= 4 is 11.6 Å². The molecule has 1 atom stereocenters. The van der Waals surface area contributed by atoms with Crippen LogP contribution in [0.4, 0.5) is 4.39 Å². The van der Waals surface area contributed by atoms with Crippen molar-refractivity contribution in [3.05, 3.63) is 70.0 Å². The van der Waals surface area contributed by atoms with Gasteiger partial charge in [-0.25, -0.2) is 4.39 Å². The van der Waals surface area contributed by atoms with Crippen molar-refractivity contribution in [3.8, 4) is 0 Å². The minimum Gasteiger partial charge on any atom is -0.316 e. The summed E-state index contributed by atoms with van der Waals surface area (Å²) in [4.78, 5) is 0. The molecule has 0 saturated carbocycles. The fourth-order valence-electron chi connectivity index (χ4n) is 2.33. The first-order chi connectivity index (χ1) is 9.60. The third kappa shape index (κ3) is 3.81. The van der Waals surface area contributed by atoms with Gasteiger partial charge in [0.2, 0.25) is 0 Å². The fourth-order valence-corrected chi connectivity index (χ4v) is 2.54. The molecule has 20 heavy (non-hydrogen) atoms. The van der Waals surface area contributed by atoms with E-state index in [0.717, 1.165) is 18.4 Å². The number of likely N-dealkylation sites (N-methyl/N-ethyl adjacent to an activating group) is 1. The van der Waals surface area contributed by atoms with Gasteiger partial charge in [0.25, 0.3) is 0 Å². The Morgan fingerprint density at radius 1 is 1.15 bits per heavy atom. The number of halogens is 2. The number of benzene rings is 2. The molecular formula is C17H19ClFN. The molecule has 2 aromatic carbocycles. The average Bonchev–Trinajstić information content (AvgIpc) is 2.44. The minimum atomic E-state index is -0.365. The van der Waals surface area contributed by atoms with Gasteiger partial charge in [-0.1, -0.05) is 41.9 Å². The van der Waals surface area contributed by atoms with Gasteiger partial charge in [0.15, 0.2) is 0 Å². The van der Waals surface area contributed by atoms with E-state index in [4.69, 9.17) is 11.6 Å². The highest BCUT2D eigenvalue weighted by molar-refractivity contribution is 6.30. The van der Waals surface area contributed by atoms with Crippen molar-refractivity contribution in [2.24, 2.45) is 0 Å². The first kappa shape index (κ1) is 15.0. The molecule has 0 amide bonds. The lowest BCUT2D eigenvalue weighted by molar-refractivity contribution is 0.554. The molecule has 3 heteroatoms. The average molecular weight is 292 g/mol. The second-order valence-electron chi connectivity index (χ2n) is 5.07. The number of hydrogen-bond donors (Lipinski definition) is 1. The smallest absolute Gasteiger partial charge is 0.141 e. The number of aryl methyl sites for hydroxylation is 1. The largest absolute Gasteiger partial charge is 0.316 e. The Balaban J connectivity index is 2.09. The van der Waals surface area contributed by atoms with Crippen LogP contribution in [-0.2, 0) is 12.8 Å². The van der Waals surface area contributed by atoms with Crippen molar-refractivity contribution in [3.63, 3.8) is 0 Å². The molecule has 0 aromatic heterocycles. The number of hydrogen-bond acceptors (Lipinski definition) is 1. The van der Waals surface area contributed by atoms with Crippen LogP contribution in [0.5, 0.6) is 0 Å². The van der Waals surface area contributed by atoms with Crippen LogP contribution in [0.2, 0.25) is 5.02 Å². The summed E-state index contributed by atoms with van der Waals surface area (Å²) < 4.78 is 13.2. The van der Waals surface area contributed by atoms with E-state index in [2.05, 4.69) is 30.4 Å². The third-order valence-electron chi connectivity index (χ3n) is 3.60. The molecule has 106 valence electrons. The summed E-state index contributed by atoms with van der Waals surface area (Å²) >= 11 is 5.83. The van der Waals surface area contributed by atoms with Gasteiger partial charge < -0.3 is 5.32 Å². The van der Waals surface area contributed by atoms with E-state index in [1.54, 1.807) is 12.1 Å². The van der Waals surface area contributed by atoms with Crippen molar-refractivity contribution < 1.29 is 4.39 Å². The van der Waals surface area contributed by atoms with Crippen LogP contribution >= 0.6 is 11.6 Å². The highest BCUT2D eigenvalue weighted by Crippen LogP contribution is 2.18. The molecule has 0 bridgehead atoms. The van der Waals surface area contributed by atoms with Gasteiger partial charge in [-0.3, -0.25) is 0 Å². The van der Waals surface area contributed by atoms with Gasteiger partial charge >= 0.3 is 0 Å². The van der Waals surface area contributed by atoms with Crippen molar-refractivity contribution in [2.45, 2.75) is 25.8 Å². The zero-order chi connectivity index (χ0) is 14.5. The molecule has 1 nitrogen and oxygen atoms in total. The Morgan fingerprint density at radius 2 is 1.90 bits per heavy atom. The van der Waals surface area contributed by atoms with E-state index in [9.17, 15) is 4.39 Å². The topological polar surface area (TPSA) is 12.0 Å². The van der Waals surface area contributed by atoms with Gasteiger partial charge in [0, 0.05) is 6.04 Å². The zero-order valence-corrected chi connectivity index (χ0v) is 12.5. The summed E-state index contributed by atoms with van der Waals surface area (Å²) in [5.74, 6) is -0.365. The highest BCUT2D eigenvalue weighted by Gasteiger charge is 2.11. The van der Waals surface area contributed by atoms with E-state index in [1.165, 1.54) is 17.2 Å². The Hall–Kier alpha value is -1.38. The molecule has 1 N–H and O–H groups in total. The lowest BCUT2D eigenvalue weighted by Crippen LogP contribution is -2.30. The summed E-state index contributed by atoms with van der Waals surface area (Å²) in [5.41, 5.74) is 3.68. The molecule has 0 fully saturated rings. The van der Waals surface area contributed by atoms with Crippen LogP contribution in [0, 0.1) is 12.7 Å². The molecule has 0 radical (unpaired) electrons. The van der Waals surface area contributed by atoms with E-state index in [1.807, 2.05) is 13.1 Å². The van der Waals surface area contributed by atoms with E-state index in [0.29, 0.717) is 6.04 Å². The van der Waals surface area contributed by atoms with Gasteiger partial charge in [0.1, 0.15) is 5.82 Å². The SMILES string of the molecule is CNC(Cc1ccc(F)c(Cl)c1)Cc1ccccc1C. The van der Waals surface area contributed by atoms with Gasteiger partial charge in [-0.15, -0.1) is 0 Å². The van der Waals surface area contributed by atoms with E-state index < -0.39 is 0 Å². The molecule has 0 heterocycles. The molecule has 0 spiro atoms. The summed E-state index contributed by atoms with van der Waals surface area (Å²) in [6, 6.07) is 13.6. The summed E-state index contributed by atoms with van der Waals surface area (Å²) in [5, 5.41) is 3.51. The Kier molecular flexibility index (Phi) is 5.16. The predicted molar refractivity (Wildman–Crippen MR) is 82.8 cm³/mol. The predicted octanol–water partition coefficient (Wildman–Crippen LogP) is 4.16. The zero-order valence-electron chi connectivity index (χ0n) is 11.8. The molecule has 0 aliphatic heterocycles. The molecule has 0 saturated heterocycles. The van der Waals surface area contributed by atoms with E-state index >= 15 is 0 Å². The molecule has 0 aliphatic carbocycles. The standard InChI is InChI=1S/C17H19ClFN/c1-12-5-3-4-6-14(12)11-15(20-2)9-13-7-8-17(19)16(18)10-13/h3-8,10,15,20H,9,11H2,1-2H3. The molecular weight excluding hydrogens is 273 g/mol. The van der Waals surface area contributed by atoms with Crippen LogP contribution in [0.1, 0.15) is 16.7 Å².